The number of hydrogen-bond donors (Lipinski definition) is 1. The fourth-order valence-electron chi connectivity index (χ4n) is 3.39. The Bertz CT molecular complexity index is 631. The Morgan fingerprint density at radius 3 is 2.55 bits per heavy atom. The molecule has 1 unspecified atom stereocenters. The van der Waals surface area contributed by atoms with Gasteiger partial charge in [0.15, 0.2) is 0 Å². The summed E-state index contributed by atoms with van der Waals surface area (Å²) >= 11 is 0. The minimum atomic E-state index is 0.538. The second kappa shape index (κ2) is 6.53. The van der Waals surface area contributed by atoms with Crippen molar-refractivity contribution in [1.29, 1.82) is 0 Å². The third kappa shape index (κ3) is 3.02. The lowest BCUT2D eigenvalue weighted by molar-refractivity contribution is 0.690. The molecule has 116 valence electrons. The minimum Gasteiger partial charge on any atom is -0.374 e. The van der Waals surface area contributed by atoms with E-state index in [1.165, 1.54) is 47.3 Å². The molecular weight excluding hydrogens is 268 g/mol. The predicted octanol–water partition coefficient (Wildman–Crippen LogP) is 4.19. The first-order valence-corrected chi connectivity index (χ1v) is 8.33. The van der Waals surface area contributed by atoms with E-state index in [0.29, 0.717) is 5.92 Å². The van der Waals surface area contributed by atoms with E-state index in [9.17, 15) is 0 Å². The summed E-state index contributed by atoms with van der Waals surface area (Å²) < 4.78 is 0. The van der Waals surface area contributed by atoms with Gasteiger partial charge in [-0.05, 0) is 66.1 Å². The van der Waals surface area contributed by atoms with Gasteiger partial charge in [-0.15, -0.1) is 0 Å². The largest absolute Gasteiger partial charge is 0.374 e. The summed E-state index contributed by atoms with van der Waals surface area (Å²) in [5.41, 5.74) is 12.5. The van der Waals surface area contributed by atoms with E-state index in [4.69, 9.17) is 5.73 Å². The van der Waals surface area contributed by atoms with Crippen LogP contribution in [0.1, 0.15) is 36.8 Å². The van der Waals surface area contributed by atoms with Gasteiger partial charge in [0.05, 0.1) is 0 Å². The molecule has 0 bridgehead atoms. The Morgan fingerprint density at radius 2 is 1.82 bits per heavy atom. The van der Waals surface area contributed by atoms with E-state index >= 15 is 0 Å². The quantitative estimate of drug-likeness (QED) is 0.916. The van der Waals surface area contributed by atoms with Crippen LogP contribution in [0.25, 0.3) is 11.1 Å². The molecule has 3 rings (SSSR count). The number of benzene rings is 2. The van der Waals surface area contributed by atoms with Crippen LogP contribution in [0.3, 0.4) is 0 Å². The first-order valence-electron chi connectivity index (χ1n) is 8.33. The summed E-state index contributed by atoms with van der Waals surface area (Å²) in [6, 6.07) is 15.9. The average Bonchev–Trinajstić information content (AvgIpc) is 2.55. The fraction of sp³-hybridized carbons (Fsp3) is 0.400. The van der Waals surface area contributed by atoms with Crippen molar-refractivity contribution < 1.29 is 0 Å². The van der Waals surface area contributed by atoms with Crippen LogP contribution in [-0.4, -0.2) is 20.1 Å². The number of nitrogens with two attached hydrogens (primary N) is 1. The molecule has 0 radical (unpaired) electrons. The normalized spacial score (nSPS) is 15.5. The second-order valence-corrected chi connectivity index (χ2v) is 6.47. The molecule has 2 heteroatoms. The van der Waals surface area contributed by atoms with Crippen LogP contribution in [-0.2, 0) is 6.42 Å². The SMILES string of the molecule is CC(CCN)c1ccc(-c2ccc3c(c2)CCCN3C)cc1. The van der Waals surface area contributed by atoms with Crippen LogP contribution in [0.15, 0.2) is 42.5 Å². The van der Waals surface area contributed by atoms with E-state index in [1.807, 2.05) is 0 Å². The molecule has 1 atom stereocenters. The van der Waals surface area contributed by atoms with E-state index in [-0.39, 0.29) is 0 Å². The van der Waals surface area contributed by atoms with Crippen LogP contribution in [0.2, 0.25) is 0 Å². The van der Waals surface area contributed by atoms with E-state index in [2.05, 4.69) is 61.3 Å². The molecule has 1 aliphatic rings. The van der Waals surface area contributed by atoms with E-state index in [0.717, 1.165) is 13.0 Å². The van der Waals surface area contributed by atoms with Gasteiger partial charge in [-0.3, -0.25) is 0 Å². The molecule has 1 heterocycles. The highest BCUT2D eigenvalue weighted by atomic mass is 15.1. The highest BCUT2D eigenvalue weighted by Crippen LogP contribution is 2.31. The second-order valence-electron chi connectivity index (χ2n) is 6.47. The molecule has 0 saturated carbocycles. The summed E-state index contributed by atoms with van der Waals surface area (Å²) in [5.74, 6) is 0.538. The van der Waals surface area contributed by atoms with Crippen molar-refractivity contribution in [3.8, 4) is 11.1 Å². The number of rotatable bonds is 4. The fourth-order valence-corrected chi connectivity index (χ4v) is 3.39. The lowest BCUT2D eigenvalue weighted by Gasteiger charge is -2.27. The van der Waals surface area contributed by atoms with Gasteiger partial charge < -0.3 is 10.6 Å². The van der Waals surface area contributed by atoms with Crippen LogP contribution >= 0.6 is 0 Å². The molecule has 0 amide bonds. The Labute approximate surface area is 134 Å². The maximum Gasteiger partial charge on any atom is 0.0396 e. The molecule has 0 saturated heterocycles. The number of nitrogens with zero attached hydrogens (tertiary/aromatic N) is 1. The van der Waals surface area contributed by atoms with Gasteiger partial charge in [0.25, 0.3) is 0 Å². The number of anilines is 1. The van der Waals surface area contributed by atoms with Crippen molar-refractivity contribution in [2.24, 2.45) is 5.73 Å². The first-order chi connectivity index (χ1) is 10.7. The molecule has 1 aliphatic heterocycles. The number of aryl methyl sites for hydroxylation is 1. The summed E-state index contributed by atoms with van der Waals surface area (Å²) in [6.07, 6.45) is 3.49. The summed E-state index contributed by atoms with van der Waals surface area (Å²) in [7, 11) is 2.19. The van der Waals surface area contributed by atoms with Crippen molar-refractivity contribution in [3.05, 3.63) is 53.6 Å². The lowest BCUT2D eigenvalue weighted by atomic mass is 9.93. The Morgan fingerprint density at radius 1 is 1.09 bits per heavy atom. The van der Waals surface area contributed by atoms with Crippen LogP contribution in [0.5, 0.6) is 0 Å². The van der Waals surface area contributed by atoms with Gasteiger partial charge in [-0.1, -0.05) is 37.3 Å². The van der Waals surface area contributed by atoms with Crippen molar-refractivity contribution >= 4 is 5.69 Å². The monoisotopic (exact) mass is 294 g/mol. The Balaban J connectivity index is 1.85. The van der Waals surface area contributed by atoms with Gasteiger partial charge in [0.1, 0.15) is 0 Å². The molecule has 0 spiro atoms. The maximum absolute atomic E-state index is 5.66. The van der Waals surface area contributed by atoms with Crippen molar-refractivity contribution in [2.75, 3.05) is 25.0 Å². The summed E-state index contributed by atoms with van der Waals surface area (Å²) in [5, 5.41) is 0. The molecule has 0 aliphatic carbocycles. The van der Waals surface area contributed by atoms with Crippen LogP contribution in [0.4, 0.5) is 5.69 Å². The summed E-state index contributed by atoms with van der Waals surface area (Å²) in [4.78, 5) is 2.36. The number of hydrogen-bond acceptors (Lipinski definition) is 2. The van der Waals surface area contributed by atoms with E-state index < -0.39 is 0 Å². The predicted molar refractivity (Wildman–Crippen MR) is 95.6 cm³/mol. The Kier molecular flexibility index (Phi) is 4.49. The Hall–Kier alpha value is -1.80. The third-order valence-corrected chi connectivity index (χ3v) is 4.84. The minimum absolute atomic E-state index is 0.538. The average molecular weight is 294 g/mol. The molecule has 2 nitrogen and oxygen atoms in total. The molecular formula is C20H26N2. The van der Waals surface area contributed by atoms with Crippen molar-refractivity contribution in [1.82, 2.24) is 0 Å². The van der Waals surface area contributed by atoms with Gasteiger partial charge in [-0.2, -0.15) is 0 Å². The van der Waals surface area contributed by atoms with Crippen molar-refractivity contribution in [2.45, 2.75) is 32.1 Å². The van der Waals surface area contributed by atoms with E-state index in [1.54, 1.807) is 0 Å². The molecule has 2 aromatic carbocycles. The third-order valence-electron chi connectivity index (χ3n) is 4.84. The summed E-state index contributed by atoms with van der Waals surface area (Å²) in [6.45, 7) is 4.16. The molecule has 0 fully saturated rings. The van der Waals surface area contributed by atoms with Gasteiger partial charge in [-0.25, -0.2) is 0 Å². The van der Waals surface area contributed by atoms with Gasteiger partial charge in [0.2, 0.25) is 0 Å². The lowest BCUT2D eigenvalue weighted by Crippen LogP contribution is -2.24. The van der Waals surface area contributed by atoms with Crippen LogP contribution in [0, 0.1) is 0 Å². The standard InChI is InChI=1S/C20H26N2/c1-15(11-12-21)16-5-7-17(8-6-16)18-9-10-20-19(14-18)4-3-13-22(20)2/h5-10,14-15H,3-4,11-13,21H2,1-2H3. The molecule has 2 N–H and O–H groups in total. The van der Waals surface area contributed by atoms with Gasteiger partial charge in [0, 0.05) is 19.3 Å². The van der Waals surface area contributed by atoms with Gasteiger partial charge >= 0.3 is 0 Å². The smallest absolute Gasteiger partial charge is 0.0396 e. The number of fused-ring (bicyclic) bond motifs is 1. The molecule has 0 aromatic heterocycles. The molecule has 22 heavy (non-hydrogen) atoms. The van der Waals surface area contributed by atoms with Crippen molar-refractivity contribution in [3.63, 3.8) is 0 Å². The zero-order chi connectivity index (χ0) is 15.5. The zero-order valence-corrected chi connectivity index (χ0v) is 13.7. The topological polar surface area (TPSA) is 29.3 Å². The maximum atomic E-state index is 5.66. The first kappa shape index (κ1) is 15.1. The molecule has 2 aromatic rings. The van der Waals surface area contributed by atoms with Crippen LogP contribution < -0.4 is 10.6 Å². The highest BCUT2D eigenvalue weighted by Gasteiger charge is 2.14. The zero-order valence-electron chi connectivity index (χ0n) is 13.7. The highest BCUT2D eigenvalue weighted by molar-refractivity contribution is 5.69.